The first kappa shape index (κ1) is 13.1. The molecule has 98 valence electrons. The molecule has 1 aliphatic heterocycles. The molecule has 1 fully saturated rings. The van der Waals surface area contributed by atoms with Crippen LogP contribution in [0, 0.1) is 5.92 Å². The summed E-state index contributed by atoms with van der Waals surface area (Å²) < 4.78 is 0. The Balaban J connectivity index is 1.93. The number of carboxylic acids is 1. The minimum absolute atomic E-state index is 0.262. The van der Waals surface area contributed by atoms with Crippen LogP contribution >= 0.6 is 11.8 Å². The minimum atomic E-state index is -0.708. The summed E-state index contributed by atoms with van der Waals surface area (Å²) in [6.45, 7) is 1.85. The fourth-order valence-corrected chi connectivity index (χ4v) is 2.59. The van der Waals surface area contributed by atoms with Gasteiger partial charge in [0.2, 0.25) is 0 Å². The number of aromatic nitrogens is 2. The number of carbonyl (C=O) groups is 1. The Morgan fingerprint density at radius 2 is 2.44 bits per heavy atom. The van der Waals surface area contributed by atoms with Gasteiger partial charge in [0.15, 0.2) is 0 Å². The van der Waals surface area contributed by atoms with Crippen LogP contribution in [0.25, 0.3) is 0 Å². The third kappa shape index (κ3) is 3.35. The van der Waals surface area contributed by atoms with E-state index in [4.69, 9.17) is 5.11 Å². The quantitative estimate of drug-likeness (QED) is 0.649. The Morgan fingerprint density at radius 1 is 1.61 bits per heavy atom. The number of rotatable bonds is 5. The van der Waals surface area contributed by atoms with Gasteiger partial charge in [-0.3, -0.25) is 4.79 Å². The predicted octanol–water partition coefficient (Wildman–Crippen LogP) is 1.89. The average Bonchev–Trinajstić information content (AvgIpc) is 2.85. The largest absolute Gasteiger partial charge is 0.481 e. The molecule has 2 heterocycles. The number of nitrogens with zero attached hydrogens (tertiary/aromatic N) is 3. The topological polar surface area (TPSA) is 66.3 Å². The first-order chi connectivity index (χ1) is 8.69. The Labute approximate surface area is 111 Å². The Morgan fingerprint density at radius 3 is 3.17 bits per heavy atom. The smallest absolute Gasteiger partial charge is 0.303 e. The number of hydrogen-bond donors (Lipinski definition) is 1. The Bertz CT molecular complexity index is 428. The first-order valence-electron chi connectivity index (χ1n) is 6.02. The van der Waals surface area contributed by atoms with Gasteiger partial charge in [-0.25, -0.2) is 9.97 Å². The second-order valence-electron chi connectivity index (χ2n) is 4.45. The molecule has 0 saturated carbocycles. The van der Waals surface area contributed by atoms with E-state index < -0.39 is 5.97 Å². The lowest BCUT2D eigenvalue weighted by Crippen LogP contribution is -2.21. The summed E-state index contributed by atoms with van der Waals surface area (Å²) in [5.41, 5.74) is 0. The molecule has 18 heavy (non-hydrogen) atoms. The highest BCUT2D eigenvalue weighted by molar-refractivity contribution is 7.98. The maximum absolute atomic E-state index is 10.6. The van der Waals surface area contributed by atoms with Gasteiger partial charge in [0.05, 0.1) is 0 Å². The molecule has 0 amide bonds. The molecule has 1 aliphatic rings. The van der Waals surface area contributed by atoms with Gasteiger partial charge in [-0.05, 0) is 25.0 Å². The molecule has 1 aromatic heterocycles. The summed E-state index contributed by atoms with van der Waals surface area (Å²) in [6.07, 6.45) is 5.65. The molecule has 1 saturated heterocycles. The summed E-state index contributed by atoms with van der Waals surface area (Å²) in [6, 6.07) is 1.99. The fraction of sp³-hybridized carbons (Fsp3) is 0.583. The van der Waals surface area contributed by atoms with E-state index in [2.05, 4.69) is 14.9 Å². The lowest BCUT2D eigenvalue weighted by molar-refractivity contribution is -0.137. The molecule has 2 rings (SSSR count). The fourth-order valence-electron chi connectivity index (χ4n) is 2.22. The van der Waals surface area contributed by atoms with Crippen LogP contribution in [0.4, 0.5) is 5.82 Å². The van der Waals surface area contributed by atoms with E-state index in [1.54, 1.807) is 18.1 Å². The summed E-state index contributed by atoms with van der Waals surface area (Å²) in [5, 5.41) is 9.65. The van der Waals surface area contributed by atoms with Gasteiger partial charge < -0.3 is 10.0 Å². The third-order valence-corrected chi connectivity index (χ3v) is 3.85. The number of hydrogen-bond acceptors (Lipinski definition) is 5. The van der Waals surface area contributed by atoms with Crippen LogP contribution < -0.4 is 4.90 Å². The van der Waals surface area contributed by atoms with Crippen molar-refractivity contribution in [2.45, 2.75) is 24.3 Å². The van der Waals surface area contributed by atoms with Gasteiger partial charge >= 0.3 is 5.97 Å². The molecule has 0 radical (unpaired) electrons. The minimum Gasteiger partial charge on any atom is -0.481 e. The second kappa shape index (κ2) is 6.04. The average molecular weight is 267 g/mol. The van der Waals surface area contributed by atoms with Crippen molar-refractivity contribution in [3.63, 3.8) is 0 Å². The van der Waals surface area contributed by atoms with Gasteiger partial charge in [-0.2, -0.15) is 0 Å². The van der Waals surface area contributed by atoms with Crippen LogP contribution in [-0.2, 0) is 4.79 Å². The van der Waals surface area contributed by atoms with Gasteiger partial charge in [-0.1, -0.05) is 0 Å². The van der Waals surface area contributed by atoms with E-state index in [9.17, 15) is 4.79 Å². The summed E-state index contributed by atoms with van der Waals surface area (Å²) in [7, 11) is 0. The Kier molecular flexibility index (Phi) is 4.41. The number of anilines is 1. The molecule has 0 aromatic carbocycles. The zero-order valence-corrected chi connectivity index (χ0v) is 11.2. The lowest BCUT2D eigenvalue weighted by atomic mass is 10.0. The van der Waals surface area contributed by atoms with Gasteiger partial charge in [0, 0.05) is 25.6 Å². The molecule has 1 N–H and O–H groups in total. The van der Waals surface area contributed by atoms with Crippen molar-refractivity contribution >= 4 is 23.5 Å². The zero-order valence-electron chi connectivity index (χ0n) is 10.4. The van der Waals surface area contributed by atoms with Crippen molar-refractivity contribution in [3.05, 3.63) is 12.4 Å². The van der Waals surface area contributed by atoms with Crippen LogP contribution in [0.15, 0.2) is 17.4 Å². The molecule has 6 heteroatoms. The lowest BCUT2D eigenvalue weighted by Gasteiger charge is -2.17. The molecular weight excluding hydrogens is 250 g/mol. The van der Waals surface area contributed by atoms with Crippen LogP contribution in [0.3, 0.4) is 0 Å². The SMILES string of the molecule is CSc1cc(N2CCC(CCC(=O)O)C2)ncn1. The summed E-state index contributed by atoms with van der Waals surface area (Å²) >= 11 is 1.60. The first-order valence-corrected chi connectivity index (χ1v) is 7.24. The number of thioether (sulfide) groups is 1. The molecule has 0 aliphatic carbocycles. The van der Waals surface area contributed by atoms with E-state index in [1.807, 2.05) is 12.3 Å². The van der Waals surface area contributed by atoms with Crippen molar-refractivity contribution in [2.24, 2.45) is 5.92 Å². The van der Waals surface area contributed by atoms with Crippen molar-refractivity contribution in [2.75, 3.05) is 24.2 Å². The third-order valence-electron chi connectivity index (χ3n) is 3.21. The van der Waals surface area contributed by atoms with Gasteiger partial charge in [-0.15, -0.1) is 11.8 Å². The van der Waals surface area contributed by atoms with Crippen molar-refractivity contribution in [1.82, 2.24) is 9.97 Å². The van der Waals surface area contributed by atoms with Crippen LogP contribution in [0.5, 0.6) is 0 Å². The molecule has 0 bridgehead atoms. The monoisotopic (exact) mass is 267 g/mol. The van der Waals surface area contributed by atoms with E-state index in [0.717, 1.165) is 36.8 Å². The molecule has 1 unspecified atom stereocenters. The van der Waals surface area contributed by atoms with Gasteiger partial charge in [0.1, 0.15) is 17.2 Å². The van der Waals surface area contributed by atoms with Crippen molar-refractivity contribution < 1.29 is 9.90 Å². The van der Waals surface area contributed by atoms with Crippen molar-refractivity contribution in [3.8, 4) is 0 Å². The maximum atomic E-state index is 10.6. The highest BCUT2D eigenvalue weighted by atomic mass is 32.2. The zero-order chi connectivity index (χ0) is 13.0. The number of carboxylic acid groups (broad SMARTS) is 1. The molecular formula is C12H17N3O2S. The maximum Gasteiger partial charge on any atom is 0.303 e. The number of aliphatic carboxylic acids is 1. The van der Waals surface area contributed by atoms with Gasteiger partial charge in [0.25, 0.3) is 0 Å². The van der Waals surface area contributed by atoms with E-state index in [1.165, 1.54) is 0 Å². The van der Waals surface area contributed by atoms with E-state index in [-0.39, 0.29) is 6.42 Å². The Hall–Kier alpha value is -1.30. The second-order valence-corrected chi connectivity index (χ2v) is 5.28. The van der Waals surface area contributed by atoms with E-state index >= 15 is 0 Å². The summed E-state index contributed by atoms with van der Waals surface area (Å²) in [5.74, 6) is 0.709. The van der Waals surface area contributed by atoms with E-state index in [0.29, 0.717) is 5.92 Å². The van der Waals surface area contributed by atoms with Crippen LogP contribution in [0.2, 0.25) is 0 Å². The van der Waals surface area contributed by atoms with Crippen LogP contribution in [0.1, 0.15) is 19.3 Å². The highest BCUT2D eigenvalue weighted by Crippen LogP contribution is 2.26. The standard InChI is InChI=1S/C12H17N3O2S/c1-18-11-6-10(13-8-14-11)15-5-4-9(7-15)2-3-12(16)17/h6,8-9H,2-5,7H2,1H3,(H,16,17). The normalized spacial score (nSPS) is 19.2. The molecule has 1 aromatic rings. The molecule has 5 nitrogen and oxygen atoms in total. The highest BCUT2D eigenvalue weighted by Gasteiger charge is 2.24. The van der Waals surface area contributed by atoms with Crippen LogP contribution in [-0.4, -0.2) is 40.4 Å². The summed E-state index contributed by atoms with van der Waals surface area (Å²) in [4.78, 5) is 21.2. The molecule has 0 spiro atoms. The van der Waals surface area contributed by atoms with Crippen molar-refractivity contribution in [1.29, 1.82) is 0 Å². The predicted molar refractivity (Wildman–Crippen MR) is 71.0 cm³/mol. The molecule has 1 atom stereocenters.